The molecule has 140 valence electrons. The van der Waals surface area contributed by atoms with Crippen LogP contribution in [0.15, 0.2) is 42.5 Å². The zero-order valence-electron chi connectivity index (χ0n) is 14.3. The molecular formula is C18H16FN3O5. The molecule has 0 saturated carbocycles. The number of nitrogens with one attached hydrogen (secondary N) is 2. The number of esters is 2. The third kappa shape index (κ3) is 4.79. The quantitative estimate of drug-likeness (QED) is 0.589. The monoisotopic (exact) mass is 373 g/mol. The largest absolute Gasteiger partial charge is 0.419 e. The van der Waals surface area contributed by atoms with Gasteiger partial charge in [0, 0.05) is 24.8 Å². The van der Waals surface area contributed by atoms with Gasteiger partial charge in [0.05, 0.1) is 6.61 Å². The van der Waals surface area contributed by atoms with Crippen LogP contribution in [0.1, 0.15) is 12.5 Å². The van der Waals surface area contributed by atoms with Gasteiger partial charge in [-0.05, 0) is 24.6 Å². The number of rotatable bonds is 6. The van der Waals surface area contributed by atoms with Crippen LogP contribution in [0.3, 0.4) is 0 Å². The predicted octanol–water partition coefficient (Wildman–Crippen LogP) is 2.58. The molecule has 0 spiro atoms. The number of aromatic nitrogens is 1. The molecule has 0 amide bonds. The van der Waals surface area contributed by atoms with Gasteiger partial charge in [0.1, 0.15) is 11.6 Å². The highest BCUT2D eigenvalue weighted by molar-refractivity contribution is 5.96. The molecule has 2 aromatic rings. The number of pyridine rings is 1. The normalized spacial score (nSPS) is 14.3. The van der Waals surface area contributed by atoms with Crippen LogP contribution in [0.25, 0.3) is 0 Å². The number of nitrogens with zero attached hydrogens (tertiary/aromatic N) is 1. The first-order chi connectivity index (χ1) is 13.0. The molecule has 0 radical (unpaired) electrons. The first kappa shape index (κ1) is 18.3. The van der Waals surface area contributed by atoms with Gasteiger partial charge in [-0.2, -0.15) is 0 Å². The van der Waals surface area contributed by atoms with Gasteiger partial charge < -0.3 is 14.8 Å². The fraction of sp³-hybridized carbons (Fsp3) is 0.167. The average Bonchev–Trinajstić information content (AvgIpc) is 2.65. The van der Waals surface area contributed by atoms with E-state index >= 15 is 0 Å². The molecule has 0 atom stereocenters. The van der Waals surface area contributed by atoms with E-state index in [9.17, 15) is 14.0 Å². The van der Waals surface area contributed by atoms with E-state index in [1.165, 1.54) is 18.2 Å². The average molecular weight is 373 g/mol. The summed E-state index contributed by atoms with van der Waals surface area (Å²) in [5, 5.41) is 3.03. The number of anilines is 2. The Morgan fingerprint density at radius 1 is 1.11 bits per heavy atom. The molecule has 8 nitrogen and oxygen atoms in total. The highest BCUT2D eigenvalue weighted by atomic mass is 19.1. The summed E-state index contributed by atoms with van der Waals surface area (Å²) < 4.78 is 23.4. The summed E-state index contributed by atoms with van der Waals surface area (Å²) in [4.78, 5) is 32.9. The van der Waals surface area contributed by atoms with Crippen molar-refractivity contribution in [1.82, 2.24) is 4.98 Å². The van der Waals surface area contributed by atoms with Crippen molar-refractivity contribution in [2.45, 2.75) is 13.5 Å². The summed E-state index contributed by atoms with van der Waals surface area (Å²) in [6, 6.07) is 7.37. The van der Waals surface area contributed by atoms with Crippen molar-refractivity contribution in [2.24, 2.45) is 0 Å². The molecule has 9 heteroatoms. The van der Waals surface area contributed by atoms with Crippen molar-refractivity contribution in [1.29, 1.82) is 0 Å². The fourth-order valence-corrected chi connectivity index (χ4v) is 2.19. The second-order valence-corrected chi connectivity index (χ2v) is 5.37. The van der Waals surface area contributed by atoms with Gasteiger partial charge in [-0.15, -0.1) is 0 Å². The number of halogens is 1. The van der Waals surface area contributed by atoms with E-state index in [1.807, 2.05) is 0 Å². The van der Waals surface area contributed by atoms with Crippen LogP contribution in [0.5, 0.6) is 11.5 Å². The van der Waals surface area contributed by atoms with Crippen LogP contribution in [0.2, 0.25) is 0 Å². The Kier molecular flexibility index (Phi) is 5.62. The van der Waals surface area contributed by atoms with Crippen LogP contribution in [-0.2, 0) is 21.0 Å². The molecule has 1 aliphatic rings. The lowest BCUT2D eigenvalue weighted by Crippen LogP contribution is -2.16. The maximum absolute atomic E-state index is 13.0. The minimum Gasteiger partial charge on any atom is -0.419 e. The second-order valence-electron chi connectivity index (χ2n) is 5.37. The smallest absolute Gasteiger partial charge is 0.336 e. The molecule has 0 bridgehead atoms. The maximum atomic E-state index is 13.0. The molecule has 0 saturated heterocycles. The third-order valence-electron chi connectivity index (χ3n) is 3.41. The minimum absolute atomic E-state index is 0.00323. The number of hydrogen-bond donors (Lipinski definition) is 2. The molecule has 2 N–H and O–H groups in total. The van der Waals surface area contributed by atoms with Crippen molar-refractivity contribution in [2.75, 3.05) is 17.4 Å². The minimum atomic E-state index is -0.749. The summed E-state index contributed by atoms with van der Waals surface area (Å²) >= 11 is 0. The lowest BCUT2D eigenvalue weighted by molar-refractivity contribution is -0.133. The Balaban J connectivity index is 1.89. The molecule has 2 heterocycles. The topological polar surface area (TPSA) is 98.8 Å². The summed E-state index contributed by atoms with van der Waals surface area (Å²) in [5.41, 5.74) is 3.37. The molecule has 0 unspecified atom stereocenters. The number of ether oxygens (including phenoxy) is 2. The van der Waals surface area contributed by atoms with E-state index in [4.69, 9.17) is 14.3 Å². The van der Waals surface area contributed by atoms with E-state index in [-0.39, 0.29) is 23.1 Å². The lowest BCUT2D eigenvalue weighted by atomic mass is 10.2. The Morgan fingerprint density at radius 2 is 1.81 bits per heavy atom. The van der Waals surface area contributed by atoms with Gasteiger partial charge in [0.25, 0.3) is 0 Å². The van der Waals surface area contributed by atoms with E-state index < -0.39 is 11.9 Å². The molecule has 1 aliphatic heterocycles. The van der Waals surface area contributed by atoms with Gasteiger partial charge in [0.2, 0.25) is 5.75 Å². The molecule has 0 aliphatic carbocycles. The van der Waals surface area contributed by atoms with Crippen LogP contribution in [-0.4, -0.2) is 23.5 Å². The Hall–Kier alpha value is -3.46. The van der Waals surface area contributed by atoms with Gasteiger partial charge in [0.15, 0.2) is 11.6 Å². The van der Waals surface area contributed by atoms with Crippen molar-refractivity contribution in [3.8, 4) is 11.5 Å². The maximum Gasteiger partial charge on any atom is 0.336 e. The van der Waals surface area contributed by atoms with E-state index in [2.05, 4.69) is 15.8 Å². The first-order valence-electron chi connectivity index (χ1n) is 8.08. The third-order valence-corrected chi connectivity index (χ3v) is 3.41. The molecule has 1 aromatic carbocycles. The summed E-state index contributed by atoms with van der Waals surface area (Å²) in [6.45, 7) is 2.41. The standard InChI is InChI=1S/C18H16FN3O5/c1-2-25-22-18-17-13(26-15(23)7-8-16(24)27-17)9-14(21-18)20-10-11-3-5-12(19)6-4-11/h3-9H,2,10H2,1H3,(H2,20,21,22)/b8-7-. The highest BCUT2D eigenvalue weighted by Gasteiger charge is 2.22. The fourth-order valence-electron chi connectivity index (χ4n) is 2.19. The van der Waals surface area contributed by atoms with E-state index in [1.54, 1.807) is 19.1 Å². The van der Waals surface area contributed by atoms with Gasteiger partial charge >= 0.3 is 11.9 Å². The van der Waals surface area contributed by atoms with Crippen LogP contribution in [0, 0.1) is 5.82 Å². The number of carbonyl (C=O) groups excluding carboxylic acids is 2. The Labute approximate surface area is 153 Å². The lowest BCUT2D eigenvalue weighted by Gasteiger charge is -2.17. The number of fused-ring (bicyclic) bond motifs is 1. The number of benzene rings is 1. The molecule has 1 aromatic heterocycles. The molecular weight excluding hydrogens is 357 g/mol. The SMILES string of the molecule is CCONc1nc(NCc2ccc(F)cc2)cc2c1OC(=O)/C=C\C(=O)O2. The van der Waals surface area contributed by atoms with Crippen LogP contribution in [0.4, 0.5) is 16.0 Å². The Morgan fingerprint density at radius 3 is 2.52 bits per heavy atom. The Bertz CT molecular complexity index is 883. The van der Waals surface area contributed by atoms with Crippen LogP contribution < -0.4 is 20.3 Å². The zero-order chi connectivity index (χ0) is 19.2. The summed E-state index contributed by atoms with van der Waals surface area (Å²) in [6.07, 6.45) is 1.92. The number of hydrogen-bond acceptors (Lipinski definition) is 8. The number of carbonyl (C=O) groups is 2. The predicted molar refractivity (Wildman–Crippen MR) is 93.6 cm³/mol. The van der Waals surface area contributed by atoms with Gasteiger partial charge in [-0.1, -0.05) is 12.1 Å². The van der Waals surface area contributed by atoms with Crippen molar-refractivity contribution in [3.05, 3.63) is 53.9 Å². The molecule has 0 fully saturated rings. The first-order valence-corrected chi connectivity index (χ1v) is 8.08. The molecule has 27 heavy (non-hydrogen) atoms. The van der Waals surface area contributed by atoms with Crippen LogP contribution >= 0.6 is 0 Å². The van der Waals surface area contributed by atoms with E-state index in [0.717, 1.165) is 17.7 Å². The van der Waals surface area contributed by atoms with Gasteiger partial charge in [-0.3, -0.25) is 4.84 Å². The van der Waals surface area contributed by atoms with Crippen molar-refractivity contribution >= 4 is 23.6 Å². The summed E-state index contributed by atoms with van der Waals surface area (Å²) in [5.74, 6) is -1.49. The van der Waals surface area contributed by atoms with Crippen molar-refractivity contribution in [3.63, 3.8) is 0 Å². The highest BCUT2D eigenvalue weighted by Crippen LogP contribution is 2.37. The molecule has 3 rings (SSSR count). The van der Waals surface area contributed by atoms with E-state index in [0.29, 0.717) is 19.0 Å². The second kappa shape index (κ2) is 8.28. The van der Waals surface area contributed by atoms with Gasteiger partial charge in [-0.25, -0.2) is 24.4 Å². The zero-order valence-corrected chi connectivity index (χ0v) is 14.3. The van der Waals surface area contributed by atoms with Crippen molar-refractivity contribution < 1.29 is 28.3 Å². The summed E-state index contributed by atoms with van der Waals surface area (Å²) in [7, 11) is 0.